The van der Waals surface area contributed by atoms with Gasteiger partial charge in [-0.1, -0.05) is 24.3 Å². The molecule has 6 heteroatoms. The van der Waals surface area contributed by atoms with E-state index < -0.39 is 29.1 Å². The van der Waals surface area contributed by atoms with Crippen molar-refractivity contribution < 1.29 is 26.7 Å². The van der Waals surface area contributed by atoms with Crippen molar-refractivity contribution in [1.29, 1.82) is 0 Å². The molecule has 164 valence electrons. The van der Waals surface area contributed by atoms with Gasteiger partial charge in [-0.05, 0) is 53.4 Å². The van der Waals surface area contributed by atoms with E-state index in [-0.39, 0.29) is 38.2 Å². The Balaban J connectivity index is 2.06. The molecule has 1 nitrogen and oxygen atoms in total. The van der Waals surface area contributed by atoms with Crippen molar-refractivity contribution in [3.05, 3.63) is 102 Å². The average Bonchev–Trinajstić information content (AvgIpc) is 2.81. The van der Waals surface area contributed by atoms with Crippen molar-refractivity contribution in [3.63, 3.8) is 0 Å². The summed E-state index contributed by atoms with van der Waals surface area (Å²) >= 11 is 0. The lowest BCUT2D eigenvalue weighted by Crippen LogP contribution is -1.98. The number of fused-ring (bicyclic) bond motifs is 2. The lowest BCUT2D eigenvalue weighted by atomic mass is 9.85. The summed E-state index contributed by atoms with van der Waals surface area (Å²) in [5.74, 6) is -3.56. The van der Waals surface area contributed by atoms with Crippen LogP contribution >= 0.6 is 0 Å². The van der Waals surface area contributed by atoms with Crippen LogP contribution in [0.25, 0.3) is 43.8 Å². The topological polar surface area (TPSA) is 9.23 Å². The zero-order valence-corrected chi connectivity index (χ0v) is 17.2. The van der Waals surface area contributed by atoms with Gasteiger partial charge in [0.1, 0.15) is 34.8 Å². The first kappa shape index (κ1) is 20.9. The molecule has 33 heavy (non-hydrogen) atoms. The van der Waals surface area contributed by atoms with Crippen LogP contribution in [0.15, 0.2) is 72.8 Å². The molecule has 0 aromatic heterocycles. The van der Waals surface area contributed by atoms with E-state index in [2.05, 4.69) is 0 Å². The summed E-state index contributed by atoms with van der Waals surface area (Å²) in [6.45, 7) is 0. The third-order valence-corrected chi connectivity index (χ3v) is 5.72. The smallest absolute Gasteiger partial charge is 0.133 e. The van der Waals surface area contributed by atoms with E-state index in [0.29, 0.717) is 17.4 Å². The molecule has 0 fully saturated rings. The number of benzene rings is 5. The Hall–Kier alpha value is -3.93. The van der Waals surface area contributed by atoms with Gasteiger partial charge in [-0.15, -0.1) is 0 Å². The number of ether oxygens (including phenoxy) is 1. The Morgan fingerprint density at radius 3 is 1.85 bits per heavy atom. The maximum Gasteiger partial charge on any atom is 0.133 e. The summed E-state index contributed by atoms with van der Waals surface area (Å²) in [5, 5.41) is -0.248. The third-order valence-electron chi connectivity index (χ3n) is 5.72. The quantitative estimate of drug-likeness (QED) is 0.200. The number of rotatable bonds is 3. The van der Waals surface area contributed by atoms with Gasteiger partial charge in [-0.25, -0.2) is 22.0 Å². The van der Waals surface area contributed by atoms with E-state index >= 15 is 13.2 Å². The van der Waals surface area contributed by atoms with E-state index in [1.807, 2.05) is 0 Å². The van der Waals surface area contributed by atoms with E-state index in [1.165, 1.54) is 25.3 Å². The number of methoxy groups -OCH3 is 1. The predicted octanol–water partition coefficient (Wildman–Crippen LogP) is 8.03. The lowest BCUT2D eigenvalue weighted by molar-refractivity contribution is 0.415. The van der Waals surface area contributed by atoms with Gasteiger partial charge in [0, 0.05) is 38.9 Å². The summed E-state index contributed by atoms with van der Waals surface area (Å²) in [6, 6.07) is 15.3. The van der Waals surface area contributed by atoms with Crippen molar-refractivity contribution in [2.24, 2.45) is 0 Å². The van der Waals surface area contributed by atoms with Crippen LogP contribution in [0.1, 0.15) is 0 Å². The summed E-state index contributed by atoms with van der Waals surface area (Å²) in [7, 11) is 1.49. The fraction of sp³-hybridized carbons (Fsp3) is 0.0370. The molecule has 0 aliphatic heterocycles. The molecule has 0 radical (unpaired) electrons. The molecule has 0 unspecified atom stereocenters. The van der Waals surface area contributed by atoms with E-state index in [0.717, 1.165) is 24.3 Å². The maximum atomic E-state index is 15.3. The Bertz CT molecular complexity index is 1540. The predicted molar refractivity (Wildman–Crippen MR) is 119 cm³/mol. The zero-order valence-electron chi connectivity index (χ0n) is 17.2. The molecule has 0 saturated heterocycles. The molecule has 0 amide bonds. The first-order chi connectivity index (χ1) is 15.9. The minimum Gasteiger partial charge on any atom is -0.497 e. The SMILES string of the molecule is COc1ccc(-c2c3c(F)cccc3c(-c3ccc(F)cc3F)c3c(F)ccc(F)c23)cc1. The molecule has 5 aromatic carbocycles. The largest absolute Gasteiger partial charge is 0.497 e. The van der Waals surface area contributed by atoms with Crippen LogP contribution in [-0.2, 0) is 0 Å². The highest BCUT2D eigenvalue weighted by Gasteiger charge is 2.25. The Kier molecular flexibility index (Phi) is 5.01. The molecular weight excluding hydrogens is 435 g/mol. The normalized spacial score (nSPS) is 11.3. The standard InChI is InChI=1S/C27H15F5O/c1-33-16-8-5-14(6-9-16)23-25-18(3-2-4-19(25)29)24(17-10-7-15(28)13-22(17)32)27-21(31)12-11-20(30)26(23)27/h2-13H,1H3. The highest BCUT2D eigenvalue weighted by molar-refractivity contribution is 6.21. The van der Waals surface area contributed by atoms with Crippen molar-refractivity contribution >= 4 is 21.5 Å². The summed E-state index contributed by atoms with van der Waals surface area (Å²) in [5.41, 5.74) is 0.338. The van der Waals surface area contributed by atoms with Crippen molar-refractivity contribution in [1.82, 2.24) is 0 Å². The minimum absolute atomic E-state index is 0.00149. The summed E-state index contributed by atoms with van der Waals surface area (Å²) in [4.78, 5) is 0. The van der Waals surface area contributed by atoms with Gasteiger partial charge >= 0.3 is 0 Å². The van der Waals surface area contributed by atoms with Crippen LogP contribution in [0.3, 0.4) is 0 Å². The second-order valence-corrected chi connectivity index (χ2v) is 7.54. The number of hydrogen-bond donors (Lipinski definition) is 0. The van der Waals surface area contributed by atoms with Crippen molar-refractivity contribution in [2.45, 2.75) is 0 Å². The van der Waals surface area contributed by atoms with E-state index in [4.69, 9.17) is 4.74 Å². The second kappa shape index (κ2) is 7.89. The zero-order chi connectivity index (χ0) is 23.3. The van der Waals surface area contributed by atoms with Crippen LogP contribution in [-0.4, -0.2) is 7.11 Å². The van der Waals surface area contributed by atoms with Gasteiger partial charge in [0.25, 0.3) is 0 Å². The van der Waals surface area contributed by atoms with E-state index in [9.17, 15) is 8.78 Å². The number of halogens is 5. The average molecular weight is 450 g/mol. The molecule has 0 saturated carbocycles. The highest BCUT2D eigenvalue weighted by atomic mass is 19.1. The van der Waals surface area contributed by atoms with Crippen LogP contribution in [0.5, 0.6) is 5.75 Å². The van der Waals surface area contributed by atoms with Crippen molar-refractivity contribution in [2.75, 3.05) is 7.11 Å². The number of hydrogen-bond acceptors (Lipinski definition) is 1. The van der Waals surface area contributed by atoms with E-state index in [1.54, 1.807) is 24.3 Å². The van der Waals surface area contributed by atoms with Crippen LogP contribution in [0.2, 0.25) is 0 Å². The summed E-state index contributed by atoms with van der Waals surface area (Å²) < 4.78 is 79.5. The van der Waals surface area contributed by atoms with Gasteiger partial charge in [0.2, 0.25) is 0 Å². The summed E-state index contributed by atoms with van der Waals surface area (Å²) in [6.07, 6.45) is 0. The first-order valence-corrected chi connectivity index (χ1v) is 10.0. The molecular formula is C27H15F5O. The van der Waals surface area contributed by atoms with Crippen LogP contribution in [0, 0.1) is 29.1 Å². The van der Waals surface area contributed by atoms with Crippen LogP contribution < -0.4 is 4.74 Å². The minimum atomic E-state index is -0.970. The molecule has 0 heterocycles. The van der Waals surface area contributed by atoms with Gasteiger partial charge in [-0.3, -0.25) is 0 Å². The van der Waals surface area contributed by atoms with Crippen LogP contribution in [0.4, 0.5) is 22.0 Å². The Labute approximate surface area is 185 Å². The van der Waals surface area contributed by atoms with Crippen molar-refractivity contribution in [3.8, 4) is 28.0 Å². The van der Waals surface area contributed by atoms with Gasteiger partial charge in [-0.2, -0.15) is 0 Å². The first-order valence-electron chi connectivity index (χ1n) is 10.0. The fourth-order valence-electron chi connectivity index (χ4n) is 4.31. The highest BCUT2D eigenvalue weighted by Crippen LogP contribution is 2.46. The molecule has 0 aliphatic carbocycles. The molecule has 0 aliphatic rings. The maximum absolute atomic E-state index is 15.3. The van der Waals surface area contributed by atoms with Gasteiger partial charge in [0.15, 0.2) is 0 Å². The van der Waals surface area contributed by atoms with Gasteiger partial charge < -0.3 is 4.74 Å². The molecule has 0 spiro atoms. The molecule has 0 N–H and O–H groups in total. The third kappa shape index (κ3) is 3.30. The lowest BCUT2D eigenvalue weighted by Gasteiger charge is -2.19. The second-order valence-electron chi connectivity index (χ2n) is 7.54. The Morgan fingerprint density at radius 2 is 1.21 bits per heavy atom. The molecule has 5 rings (SSSR count). The van der Waals surface area contributed by atoms with Gasteiger partial charge in [0.05, 0.1) is 7.11 Å². The monoisotopic (exact) mass is 450 g/mol. The molecule has 0 atom stereocenters. The molecule has 5 aromatic rings. The fourth-order valence-corrected chi connectivity index (χ4v) is 4.31. The molecule has 0 bridgehead atoms. The Morgan fingerprint density at radius 1 is 0.576 bits per heavy atom.